The van der Waals surface area contributed by atoms with Crippen LogP contribution < -0.4 is 0 Å². The van der Waals surface area contributed by atoms with Crippen molar-refractivity contribution >= 4 is 0 Å². The third-order valence-corrected chi connectivity index (χ3v) is 1.67. The largest absolute Gasteiger partial charge is 0.384 e. The molecule has 0 aromatic heterocycles. The van der Waals surface area contributed by atoms with Crippen LogP contribution in [-0.4, -0.2) is 13.7 Å². The molecule has 0 aliphatic rings. The highest BCUT2D eigenvalue weighted by atomic mass is 16.5. The maximum atomic E-state index is 7.54. The second-order valence-corrected chi connectivity index (χ2v) is 2.57. The van der Waals surface area contributed by atoms with E-state index < -0.39 is 6.58 Å². The van der Waals surface area contributed by atoms with Gasteiger partial charge in [-0.05, 0) is 5.56 Å². The van der Waals surface area contributed by atoms with Gasteiger partial charge in [0, 0.05) is 13.0 Å². The molecule has 60 valence electrons. The molecule has 0 aliphatic carbocycles. The van der Waals surface area contributed by atoms with Crippen molar-refractivity contribution in [3.05, 3.63) is 35.9 Å². The molecular formula is C10H14O. The minimum atomic E-state index is -0.465. The van der Waals surface area contributed by atoms with E-state index in [2.05, 4.69) is 0 Å². The lowest BCUT2D eigenvalue weighted by Gasteiger charge is -2.09. The van der Waals surface area contributed by atoms with Crippen LogP contribution in [0.25, 0.3) is 0 Å². The van der Waals surface area contributed by atoms with Crippen LogP contribution in [0, 0.1) is 0 Å². The third kappa shape index (κ3) is 2.35. The molecule has 2 atom stereocenters. The fraction of sp³-hybridized carbons (Fsp3) is 0.400. The summed E-state index contributed by atoms with van der Waals surface area (Å²) in [5.41, 5.74) is 1.15. The molecule has 0 spiro atoms. The molecule has 0 saturated heterocycles. The summed E-state index contributed by atoms with van der Waals surface area (Å²) in [4.78, 5) is 0. The number of methoxy groups -OCH3 is 1. The molecule has 1 rings (SSSR count). The molecular weight excluding hydrogens is 136 g/mol. The van der Waals surface area contributed by atoms with Crippen LogP contribution in [0.1, 0.15) is 19.8 Å². The highest BCUT2D eigenvalue weighted by Crippen LogP contribution is 2.13. The van der Waals surface area contributed by atoms with Crippen LogP contribution >= 0.6 is 0 Å². The lowest BCUT2D eigenvalue weighted by atomic mass is 10.0. The number of benzene rings is 1. The van der Waals surface area contributed by atoms with E-state index >= 15 is 0 Å². The zero-order valence-electron chi connectivity index (χ0n) is 7.95. The highest BCUT2D eigenvalue weighted by molar-refractivity contribution is 5.18. The zero-order valence-corrected chi connectivity index (χ0v) is 6.95. The van der Waals surface area contributed by atoms with Crippen molar-refractivity contribution in [2.45, 2.75) is 12.8 Å². The van der Waals surface area contributed by atoms with Crippen LogP contribution in [0.4, 0.5) is 0 Å². The van der Waals surface area contributed by atoms with E-state index in [1.54, 1.807) is 7.11 Å². The van der Waals surface area contributed by atoms with Crippen LogP contribution in [0.15, 0.2) is 30.3 Å². The van der Waals surface area contributed by atoms with E-state index in [1.807, 2.05) is 37.3 Å². The number of rotatable bonds is 3. The van der Waals surface area contributed by atoms with Gasteiger partial charge in [0.15, 0.2) is 0 Å². The first-order valence-electron chi connectivity index (χ1n) is 4.33. The molecule has 1 nitrogen and oxygen atoms in total. The SMILES string of the molecule is [2H]C(OC)C(C)c1ccccc1. The smallest absolute Gasteiger partial charge is 0.0573 e. The van der Waals surface area contributed by atoms with Gasteiger partial charge in [0.2, 0.25) is 0 Å². The summed E-state index contributed by atoms with van der Waals surface area (Å²) in [5, 5.41) is 0. The number of hydrogen-bond donors (Lipinski definition) is 0. The second-order valence-electron chi connectivity index (χ2n) is 2.57. The van der Waals surface area contributed by atoms with Gasteiger partial charge in [-0.3, -0.25) is 0 Å². The molecule has 0 amide bonds. The zero-order chi connectivity index (χ0) is 8.97. The van der Waals surface area contributed by atoms with E-state index in [-0.39, 0.29) is 5.92 Å². The number of hydrogen-bond acceptors (Lipinski definition) is 1. The lowest BCUT2D eigenvalue weighted by molar-refractivity contribution is 0.184. The predicted molar refractivity (Wildman–Crippen MR) is 46.7 cm³/mol. The van der Waals surface area contributed by atoms with Gasteiger partial charge in [0.25, 0.3) is 0 Å². The first-order chi connectivity index (χ1) is 5.75. The molecule has 1 aromatic rings. The fourth-order valence-corrected chi connectivity index (χ4v) is 1.04. The first kappa shape index (κ1) is 6.86. The molecule has 1 aromatic carbocycles. The molecule has 2 unspecified atom stereocenters. The van der Waals surface area contributed by atoms with Gasteiger partial charge in [-0.25, -0.2) is 0 Å². The summed E-state index contributed by atoms with van der Waals surface area (Å²) >= 11 is 0. The van der Waals surface area contributed by atoms with Crippen molar-refractivity contribution in [3.63, 3.8) is 0 Å². The molecule has 0 fully saturated rings. The predicted octanol–water partition coefficient (Wildman–Crippen LogP) is 2.44. The van der Waals surface area contributed by atoms with Crippen molar-refractivity contribution in [1.29, 1.82) is 0 Å². The second kappa shape index (κ2) is 4.14. The van der Waals surface area contributed by atoms with Gasteiger partial charge >= 0.3 is 0 Å². The first-order valence-corrected chi connectivity index (χ1v) is 3.75. The fourth-order valence-electron chi connectivity index (χ4n) is 1.04. The normalized spacial score (nSPS) is 17.1. The topological polar surface area (TPSA) is 9.23 Å². The van der Waals surface area contributed by atoms with Gasteiger partial charge in [0.1, 0.15) is 0 Å². The van der Waals surface area contributed by atoms with Gasteiger partial charge < -0.3 is 4.74 Å². The quantitative estimate of drug-likeness (QED) is 0.644. The van der Waals surface area contributed by atoms with Crippen LogP contribution in [0.3, 0.4) is 0 Å². The molecule has 0 heterocycles. The van der Waals surface area contributed by atoms with E-state index in [0.29, 0.717) is 0 Å². The van der Waals surface area contributed by atoms with Crippen molar-refractivity contribution in [2.75, 3.05) is 13.7 Å². The van der Waals surface area contributed by atoms with Crippen LogP contribution in [-0.2, 0) is 4.74 Å². The minimum absolute atomic E-state index is 0.135. The summed E-state index contributed by atoms with van der Waals surface area (Å²) in [7, 11) is 1.57. The van der Waals surface area contributed by atoms with E-state index in [4.69, 9.17) is 6.11 Å². The molecule has 11 heavy (non-hydrogen) atoms. The third-order valence-electron chi connectivity index (χ3n) is 1.67. The Balaban J connectivity index is 2.71. The Morgan fingerprint density at radius 1 is 1.45 bits per heavy atom. The summed E-state index contributed by atoms with van der Waals surface area (Å²) in [6.07, 6.45) is 0. The van der Waals surface area contributed by atoms with Crippen molar-refractivity contribution in [3.8, 4) is 0 Å². The monoisotopic (exact) mass is 151 g/mol. The van der Waals surface area contributed by atoms with E-state index in [1.165, 1.54) is 0 Å². The average molecular weight is 151 g/mol. The molecule has 0 bridgehead atoms. The Morgan fingerprint density at radius 3 is 2.64 bits per heavy atom. The Morgan fingerprint density at radius 2 is 2.09 bits per heavy atom. The Labute approximate surface area is 69.4 Å². The summed E-state index contributed by atoms with van der Waals surface area (Å²) in [6, 6.07) is 9.97. The molecule has 0 saturated carbocycles. The van der Waals surface area contributed by atoms with Gasteiger partial charge in [-0.1, -0.05) is 37.3 Å². The van der Waals surface area contributed by atoms with E-state index in [0.717, 1.165) is 5.56 Å². The standard InChI is InChI=1S/C10H14O/c1-9(8-11-2)10-6-4-3-5-7-10/h3-7,9H,8H2,1-2H3/i8D. The Kier molecular flexibility index (Phi) is 2.58. The maximum absolute atomic E-state index is 7.54. The lowest BCUT2D eigenvalue weighted by Crippen LogP contribution is -2.00. The summed E-state index contributed by atoms with van der Waals surface area (Å²) < 4.78 is 12.5. The highest BCUT2D eigenvalue weighted by Gasteiger charge is 2.01. The minimum Gasteiger partial charge on any atom is -0.384 e. The molecule has 0 N–H and O–H groups in total. The number of ether oxygens (including phenoxy) is 1. The van der Waals surface area contributed by atoms with Gasteiger partial charge in [0.05, 0.1) is 7.95 Å². The van der Waals surface area contributed by atoms with Gasteiger partial charge in [-0.15, -0.1) is 0 Å². The average Bonchev–Trinajstić information content (AvgIpc) is 2.17. The Bertz CT molecular complexity index is 223. The van der Waals surface area contributed by atoms with Crippen molar-refractivity contribution < 1.29 is 6.11 Å². The maximum Gasteiger partial charge on any atom is 0.0573 e. The van der Waals surface area contributed by atoms with Crippen molar-refractivity contribution in [2.24, 2.45) is 0 Å². The van der Waals surface area contributed by atoms with Crippen molar-refractivity contribution in [1.82, 2.24) is 0 Å². The summed E-state index contributed by atoms with van der Waals surface area (Å²) in [6.45, 7) is 1.53. The van der Waals surface area contributed by atoms with Crippen LogP contribution in [0.5, 0.6) is 0 Å². The Hall–Kier alpha value is -0.820. The van der Waals surface area contributed by atoms with E-state index in [9.17, 15) is 0 Å². The molecule has 0 radical (unpaired) electrons. The molecule has 1 heteroatoms. The van der Waals surface area contributed by atoms with Crippen LogP contribution in [0.2, 0.25) is 0 Å². The van der Waals surface area contributed by atoms with Gasteiger partial charge in [-0.2, -0.15) is 0 Å². The summed E-state index contributed by atoms with van der Waals surface area (Å²) in [5.74, 6) is 0.135. The molecule has 0 aliphatic heterocycles.